The molecule has 0 saturated carbocycles. The normalized spacial score (nSPS) is 10.4. The van der Waals surface area contributed by atoms with Crippen LogP contribution in [0.1, 0.15) is 16.2 Å². The van der Waals surface area contributed by atoms with E-state index in [2.05, 4.69) is 10.2 Å². The van der Waals surface area contributed by atoms with E-state index in [-0.39, 0.29) is 23.8 Å². The van der Waals surface area contributed by atoms with Crippen LogP contribution in [0, 0.1) is 0 Å². The van der Waals surface area contributed by atoms with Crippen LogP contribution >= 0.6 is 0 Å². The Morgan fingerprint density at radius 3 is 2.67 bits per heavy atom. The molecule has 1 heterocycles. The van der Waals surface area contributed by atoms with E-state index in [9.17, 15) is 9.90 Å². The van der Waals surface area contributed by atoms with Gasteiger partial charge in [0.1, 0.15) is 11.5 Å². The summed E-state index contributed by atoms with van der Waals surface area (Å²) in [5.74, 6) is 0.619. The van der Waals surface area contributed by atoms with E-state index in [1.165, 1.54) is 12.1 Å². The Labute approximate surface area is 137 Å². The van der Waals surface area contributed by atoms with Crippen LogP contribution in [0.2, 0.25) is 0 Å². The molecule has 24 heavy (non-hydrogen) atoms. The Morgan fingerprint density at radius 1 is 1.17 bits per heavy atom. The van der Waals surface area contributed by atoms with Gasteiger partial charge in [-0.1, -0.05) is 6.07 Å². The zero-order valence-electron chi connectivity index (χ0n) is 12.8. The SMILES string of the molecule is COc1ccc(-c2nnc(COC(=O)c3cccc(O)c3)o2)cc1. The molecule has 0 atom stereocenters. The molecule has 7 nitrogen and oxygen atoms in total. The Morgan fingerprint density at radius 2 is 1.96 bits per heavy atom. The van der Waals surface area contributed by atoms with E-state index < -0.39 is 5.97 Å². The summed E-state index contributed by atoms with van der Waals surface area (Å²) in [6.07, 6.45) is 0. The first-order valence-corrected chi connectivity index (χ1v) is 7.08. The number of aromatic hydroxyl groups is 1. The van der Waals surface area contributed by atoms with Crippen LogP contribution < -0.4 is 4.74 Å². The fourth-order valence-electron chi connectivity index (χ4n) is 2.01. The fraction of sp³-hybridized carbons (Fsp3) is 0.118. The molecule has 0 aliphatic rings. The second-order valence-corrected chi connectivity index (χ2v) is 4.86. The lowest BCUT2D eigenvalue weighted by molar-refractivity contribution is 0.0438. The number of aromatic nitrogens is 2. The zero-order valence-corrected chi connectivity index (χ0v) is 12.8. The zero-order chi connectivity index (χ0) is 16.9. The van der Waals surface area contributed by atoms with Crippen LogP contribution in [0.5, 0.6) is 11.5 Å². The summed E-state index contributed by atoms with van der Waals surface area (Å²) in [5, 5.41) is 17.1. The molecular weight excluding hydrogens is 312 g/mol. The number of esters is 1. The van der Waals surface area contributed by atoms with Gasteiger partial charge in [-0.3, -0.25) is 0 Å². The van der Waals surface area contributed by atoms with Gasteiger partial charge in [-0.15, -0.1) is 10.2 Å². The predicted molar refractivity (Wildman–Crippen MR) is 83.5 cm³/mol. The first-order chi connectivity index (χ1) is 11.7. The van der Waals surface area contributed by atoms with E-state index in [0.29, 0.717) is 5.89 Å². The van der Waals surface area contributed by atoms with Crippen molar-refractivity contribution < 1.29 is 23.8 Å². The highest BCUT2D eigenvalue weighted by Gasteiger charge is 2.12. The molecule has 0 saturated heterocycles. The van der Waals surface area contributed by atoms with Crippen molar-refractivity contribution in [3.8, 4) is 23.0 Å². The molecule has 0 aliphatic heterocycles. The standard InChI is InChI=1S/C17H14N2O5/c1-22-14-7-5-11(6-8-14)16-19-18-15(24-16)10-23-17(21)12-3-2-4-13(20)9-12/h2-9,20H,10H2,1H3. The second kappa shape index (κ2) is 6.82. The number of ether oxygens (including phenoxy) is 2. The van der Waals surface area contributed by atoms with Crippen LogP contribution in [0.4, 0.5) is 0 Å². The Kier molecular flexibility index (Phi) is 4.42. The van der Waals surface area contributed by atoms with Crippen molar-refractivity contribution in [3.05, 3.63) is 60.0 Å². The van der Waals surface area contributed by atoms with Crippen molar-refractivity contribution in [2.75, 3.05) is 7.11 Å². The smallest absolute Gasteiger partial charge is 0.338 e. The number of rotatable bonds is 5. The first-order valence-electron chi connectivity index (χ1n) is 7.08. The maximum absolute atomic E-state index is 11.9. The van der Waals surface area contributed by atoms with Gasteiger partial charge in [0.25, 0.3) is 5.89 Å². The summed E-state index contributed by atoms with van der Waals surface area (Å²) in [5.41, 5.74) is 0.971. The van der Waals surface area contributed by atoms with Gasteiger partial charge in [-0.05, 0) is 42.5 Å². The summed E-state index contributed by atoms with van der Waals surface area (Å²) < 4.78 is 15.6. The molecule has 0 aliphatic carbocycles. The number of carbonyl (C=O) groups is 1. The number of carbonyl (C=O) groups excluding carboxylic acids is 1. The van der Waals surface area contributed by atoms with Crippen molar-refractivity contribution in [2.24, 2.45) is 0 Å². The quantitative estimate of drug-likeness (QED) is 0.720. The average molecular weight is 326 g/mol. The average Bonchev–Trinajstić information content (AvgIpc) is 3.09. The fourth-order valence-corrected chi connectivity index (χ4v) is 2.01. The van der Waals surface area contributed by atoms with Gasteiger partial charge < -0.3 is 19.0 Å². The van der Waals surface area contributed by atoms with Crippen molar-refractivity contribution in [2.45, 2.75) is 6.61 Å². The highest BCUT2D eigenvalue weighted by atomic mass is 16.5. The van der Waals surface area contributed by atoms with Gasteiger partial charge in [0.05, 0.1) is 12.7 Å². The third-order valence-electron chi connectivity index (χ3n) is 3.21. The summed E-state index contributed by atoms with van der Waals surface area (Å²) >= 11 is 0. The third kappa shape index (κ3) is 3.52. The lowest BCUT2D eigenvalue weighted by Crippen LogP contribution is -2.05. The number of phenolic OH excluding ortho intramolecular Hbond substituents is 1. The van der Waals surface area contributed by atoms with Crippen LogP contribution in [-0.4, -0.2) is 28.4 Å². The Balaban J connectivity index is 1.64. The van der Waals surface area contributed by atoms with Crippen LogP contribution in [0.15, 0.2) is 52.9 Å². The number of methoxy groups -OCH3 is 1. The third-order valence-corrected chi connectivity index (χ3v) is 3.21. The van der Waals surface area contributed by atoms with Crippen molar-refractivity contribution in [1.82, 2.24) is 10.2 Å². The maximum Gasteiger partial charge on any atom is 0.338 e. The van der Waals surface area contributed by atoms with E-state index >= 15 is 0 Å². The van der Waals surface area contributed by atoms with Crippen molar-refractivity contribution >= 4 is 5.97 Å². The highest BCUT2D eigenvalue weighted by molar-refractivity contribution is 5.89. The number of nitrogens with zero attached hydrogens (tertiary/aromatic N) is 2. The van der Waals surface area contributed by atoms with Gasteiger partial charge >= 0.3 is 5.97 Å². The molecule has 2 aromatic carbocycles. The molecular formula is C17H14N2O5. The molecule has 1 N–H and O–H groups in total. The molecule has 0 spiro atoms. The van der Waals surface area contributed by atoms with E-state index in [1.54, 1.807) is 43.5 Å². The first kappa shape index (κ1) is 15.5. The Bertz CT molecular complexity index is 842. The molecule has 1 aromatic heterocycles. The highest BCUT2D eigenvalue weighted by Crippen LogP contribution is 2.21. The lowest BCUT2D eigenvalue weighted by Gasteiger charge is -2.02. The minimum Gasteiger partial charge on any atom is -0.508 e. The van der Waals surface area contributed by atoms with Crippen molar-refractivity contribution in [3.63, 3.8) is 0 Å². The number of benzene rings is 2. The molecule has 3 rings (SSSR count). The molecule has 0 amide bonds. The van der Waals surface area contributed by atoms with E-state index in [4.69, 9.17) is 13.9 Å². The Hall–Kier alpha value is -3.35. The van der Waals surface area contributed by atoms with E-state index in [0.717, 1.165) is 11.3 Å². The second-order valence-electron chi connectivity index (χ2n) is 4.86. The lowest BCUT2D eigenvalue weighted by atomic mass is 10.2. The van der Waals surface area contributed by atoms with Crippen LogP contribution in [0.3, 0.4) is 0 Å². The maximum atomic E-state index is 11.9. The number of hydrogen-bond donors (Lipinski definition) is 1. The number of phenols is 1. The van der Waals surface area contributed by atoms with Crippen molar-refractivity contribution in [1.29, 1.82) is 0 Å². The number of hydrogen-bond acceptors (Lipinski definition) is 7. The molecule has 7 heteroatoms. The largest absolute Gasteiger partial charge is 0.508 e. The van der Waals surface area contributed by atoms with Gasteiger partial charge in [-0.2, -0.15) is 0 Å². The van der Waals surface area contributed by atoms with Gasteiger partial charge in [0.15, 0.2) is 6.61 Å². The predicted octanol–water partition coefficient (Wildman–Crippen LogP) is 2.81. The molecule has 0 fully saturated rings. The van der Waals surface area contributed by atoms with Crippen LogP contribution in [-0.2, 0) is 11.3 Å². The molecule has 0 bridgehead atoms. The van der Waals surface area contributed by atoms with Crippen LogP contribution in [0.25, 0.3) is 11.5 Å². The minimum atomic E-state index is -0.588. The van der Waals surface area contributed by atoms with Gasteiger partial charge in [0.2, 0.25) is 5.89 Å². The topological polar surface area (TPSA) is 94.7 Å². The summed E-state index contributed by atoms with van der Waals surface area (Å²) in [7, 11) is 1.58. The molecule has 0 radical (unpaired) electrons. The van der Waals surface area contributed by atoms with Gasteiger partial charge in [-0.25, -0.2) is 4.79 Å². The summed E-state index contributed by atoms with van der Waals surface area (Å²) in [4.78, 5) is 11.9. The molecule has 3 aromatic rings. The minimum absolute atomic E-state index is 0.0102. The summed E-state index contributed by atoms with van der Waals surface area (Å²) in [6, 6.07) is 13.0. The van der Waals surface area contributed by atoms with Gasteiger partial charge in [0, 0.05) is 5.56 Å². The van der Waals surface area contributed by atoms with E-state index in [1.807, 2.05) is 0 Å². The summed E-state index contributed by atoms with van der Waals surface area (Å²) in [6.45, 7) is -0.155. The molecule has 0 unspecified atom stereocenters. The molecule has 122 valence electrons. The monoisotopic (exact) mass is 326 g/mol.